The third kappa shape index (κ3) is 1.45. The molecule has 0 amide bonds. The summed E-state index contributed by atoms with van der Waals surface area (Å²) >= 11 is 0. The first kappa shape index (κ1) is 10.5. The highest BCUT2D eigenvalue weighted by Gasteiger charge is 2.37. The van der Waals surface area contributed by atoms with Gasteiger partial charge in [0, 0.05) is 5.56 Å². The number of aromatic nitrogens is 2. The van der Waals surface area contributed by atoms with Crippen molar-refractivity contribution in [3.05, 3.63) is 11.3 Å². The molecule has 2 rings (SSSR count). The lowest BCUT2D eigenvalue weighted by Gasteiger charge is -2.24. The van der Waals surface area contributed by atoms with Crippen molar-refractivity contribution in [3.8, 4) is 0 Å². The molecule has 0 unspecified atom stereocenters. The van der Waals surface area contributed by atoms with Gasteiger partial charge in [0.2, 0.25) is 0 Å². The van der Waals surface area contributed by atoms with Gasteiger partial charge in [-0.15, -0.1) is 0 Å². The minimum Gasteiger partial charge on any atom is -0.384 e. The second-order valence-electron chi connectivity index (χ2n) is 6.17. The number of anilines is 1. The minimum atomic E-state index is -0.0233. The van der Waals surface area contributed by atoms with Gasteiger partial charge in [-0.25, -0.2) is 4.68 Å². The maximum Gasteiger partial charge on any atom is 0.126 e. The molecule has 0 spiro atoms. The van der Waals surface area contributed by atoms with Crippen LogP contribution in [0.2, 0.25) is 0 Å². The molecule has 84 valence electrons. The van der Waals surface area contributed by atoms with E-state index in [2.05, 4.69) is 39.7 Å². The van der Waals surface area contributed by atoms with Gasteiger partial charge in [-0.1, -0.05) is 13.8 Å². The molecular formula is C12H21N3. The highest BCUT2D eigenvalue weighted by Crippen LogP contribution is 2.42. The van der Waals surface area contributed by atoms with Gasteiger partial charge in [0.15, 0.2) is 0 Å². The molecule has 3 heteroatoms. The first-order valence-corrected chi connectivity index (χ1v) is 5.62. The van der Waals surface area contributed by atoms with Crippen LogP contribution in [0.3, 0.4) is 0 Å². The van der Waals surface area contributed by atoms with Gasteiger partial charge in [0.25, 0.3) is 0 Å². The summed E-state index contributed by atoms with van der Waals surface area (Å²) in [4.78, 5) is 0. The quantitative estimate of drug-likeness (QED) is 0.710. The molecule has 0 saturated heterocycles. The maximum atomic E-state index is 6.22. The van der Waals surface area contributed by atoms with Crippen LogP contribution in [0.1, 0.15) is 52.3 Å². The molecule has 0 fully saturated rings. The van der Waals surface area contributed by atoms with Crippen LogP contribution in [0.4, 0.5) is 5.82 Å². The Balaban J connectivity index is 2.59. The van der Waals surface area contributed by atoms with E-state index in [9.17, 15) is 0 Å². The number of nitrogens with two attached hydrogens (primary N) is 1. The molecule has 3 nitrogen and oxygen atoms in total. The summed E-state index contributed by atoms with van der Waals surface area (Å²) in [6.45, 7) is 10.9. The van der Waals surface area contributed by atoms with E-state index < -0.39 is 0 Å². The third-order valence-corrected chi connectivity index (χ3v) is 3.29. The summed E-state index contributed by atoms with van der Waals surface area (Å²) in [6, 6.07) is 0. The van der Waals surface area contributed by atoms with E-state index >= 15 is 0 Å². The SMILES string of the molecule is CC1(C)CCc2nn(C(C)(C)C)c(N)c21. The predicted molar refractivity (Wildman–Crippen MR) is 63.0 cm³/mol. The number of hydrogen-bond donors (Lipinski definition) is 1. The van der Waals surface area contributed by atoms with E-state index in [4.69, 9.17) is 5.73 Å². The predicted octanol–water partition coefficient (Wildman–Crippen LogP) is 2.44. The Morgan fingerprint density at radius 1 is 1.33 bits per heavy atom. The second kappa shape index (κ2) is 2.77. The number of nitrogens with zero attached hydrogens (tertiary/aromatic N) is 2. The van der Waals surface area contributed by atoms with Crippen molar-refractivity contribution >= 4 is 5.82 Å². The standard InChI is InChI=1S/C12H21N3/c1-11(2,3)15-10(13)9-8(14-15)6-7-12(9,4)5/h6-7,13H2,1-5H3. The Morgan fingerprint density at radius 3 is 2.40 bits per heavy atom. The average Bonchev–Trinajstić information content (AvgIpc) is 2.51. The smallest absolute Gasteiger partial charge is 0.126 e. The molecule has 1 heterocycles. The van der Waals surface area contributed by atoms with E-state index in [1.165, 1.54) is 17.7 Å². The lowest BCUT2D eigenvalue weighted by molar-refractivity contribution is 0.356. The monoisotopic (exact) mass is 207 g/mol. The summed E-state index contributed by atoms with van der Waals surface area (Å²) in [6.07, 6.45) is 2.23. The number of hydrogen-bond acceptors (Lipinski definition) is 2. The molecule has 0 aromatic carbocycles. The summed E-state index contributed by atoms with van der Waals surface area (Å²) < 4.78 is 1.97. The van der Waals surface area contributed by atoms with Gasteiger partial charge in [-0.3, -0.25) is 0 Å². The van der Waals surface area contributed by atoms with Crippen molar-refractivity contribution in [3.63, 3.8) is 0 Å². The zero-order chi connectivity index (χ0) is 11.4. The molecule has 0 radical (unpaired) electrons. The summed E-state index contributed by atoms with van der Waals surface area (Å²) in [5, 5.41) is 4.65. The fourth-order valence-corrected chi connectivity index (χ4v) is 2.46. The lowest BCUT2D eigenvalue weighted by Crippen LogP contribution is -2.26. The molecule has 0 bridgehead atoms. The average molecular weight is 207 g/mol. The molecule has 0 atom stereocenters. The first-order chi connectivity index (χ1) is 6.73. The van der Waals surface area contributed by atoms with E-state index in [1.54, 1.807) is 0 Å². The minimum absolute atomic E-state index is 0.0233. The van der Waals surface area contributed by atoms with Crippen molar-refractivity contribution in [1.82, 2.24) is 9.78 Å². The number of aryl methyl sites for hydroxylation is 1. The fourth-order valence-electron chi connectivity index (χ4n) is 2.46. The zero-order valence-corrected chi connectivity index (χ0v) is 10.4. The van der Waals surface area contributed by atoms with Gasteiger partial charge in [0.05, 0.1) is 11.2 Å². The Kier molecular flexibility index (Phi) is 1.95. The largest absolute Gasteiger partial charge is 0.384 e. The Morgan fingerprint density at radius 2 is 1.93 bits per heavy atom. The van der Waals surface area contributed by atoms with Gasteiger partial charge in [-0.2, -0.15) is 5.10 Å². The third-order valence-electron chi connectivity index (χ3n) is 3.29. The summed E-state index contributed by atoms with van der Waals surface area (Å²) in [5.74, 6) is 0.861. The molecule has 0 saturated carbocycles. The second-order valence-corrected chi connectivity index (χ2v) is 6.17. The molecular weight excluding hydrogens is 186 g/mol. The van der Waals surface area contributed by atoms with Crippen LogP contribution in [-0.4, -0.2) is 9.78 Å². The van der Waals surface area contributed by atoms with Crippen molar-refractivity contribution in [2.24, 2.45) is 0 Å². The molecule has 1 aromatic rings. The molecule has 1 aliphatic rings. The highest BCUT2D eigenvalue weighted by atomic mass is 15.4. The van der Waals surface area contributed by atoms with E-state index in [1.807, 2.05) is 4.68 Å². The van der Waals surface area contributed by atoms with E-state index in [-0.39, 0.29) is 11.0 Å². The topological polar surface area (TPSA) is 43.8 Å². The lowest BCUT2D eigenvalue weighted by atomic mass is 9.87. The Labute approximate surface area is 91.7 Å². The number of nitrogen functional groups attached to an aromatic ring is 1. The summed E-state index contributed by atoms with van der Waals surface area (Å²) in [7, 11) is 0. The zero-order valence-electron chi connectivity index (χ0n) is 10.4. The first-order valence-electron chi connectivity index (χ1n) is 5.62. The van der Waals surface area contributed by atoms with Gasteiger partial charge < -0.3 is 5.73 Å². The molecule has 2 N–H and O–H groups in total. The number of rotatable bonds is 0. The van der Waals surface area contributed by atoms with Crippen LogP contribution in [-0.2, 0) is 17.4 Å². The van der Waals surface area contributed by atoms with Crippen molar-refractivity contribution in [1.29, 1.82) is 0 Å². The van der Waals surface area contributed by atoms with Crippen LogP contribution in [0.15, 0.2) is 0 Å². The van der Waals surface area contributed by atoms with Crippen LogP contribution in [0, 0.1) is 0 Å². The van der Waals surface area contributed by atoms with Crippen molar-refractivity contribution in [2.45, 2.75) is 58.4 Å². The van der Waals surface area contributed by atoms with Gasteiger partial charge >= 0.3 is 0 Å². The Bertz CT molecular complexity index is 394. The molecule has 0 aliphatic heterocycles. The maximum absolute atomic E-state index is 6.22. The van der Waals surface area contributed by atoms with Crippen LogP contribution < -0.4 is 5.73 Å². The molecule has 1 aromatic heterocycles. The van der Waals surface area contributed by atoms with Crippen LogP contribution >= 0.6 is 0 Å². The van der Waals surface area contributed by atoms with Crippen LogP contribution in [0.25, 0.3) is 0 Å². The normalized spacial score (nSPS) is 19.3. The fraction of sp³-hybridized carbons (Fsp3) is 0.750. The van der Waals surface area contributed by atoms with Crippen molar-refractivity contribution < 1.29 is 0 Å². The highest BCUT2D eigenvalue weighted by molar-refractivity contribution is 5.51. The summed E-state index contributed by atoms with van der Waals surface area (Å²) in [5.41, 5.74) is 8.87. The number of fused-ring (bicyclic) bond motifs is 1. The van der Waals surface area contributed by atoms with Gasteiger partial charge in [0.1, 0.15) is 5.82 Å². The van der Waals surface area contributed by atoms with Gasteiger partial charge in [-0.05, 0) is 39.0 Å². The van der Waals surface area contributed by atoms with Crippen LogP contribution in [0.5, 0.6) is 0 Å². The molecule has 1 aliphatic carbocycles. The van der Waals surface area contributed by atoms with Crippen molar-refractivity contribution in [2.75, 3.05) is 5.73 Å². The Hall–Kier alpha value is -0.990. The van der Waals surface area contributed by atoms with E-state index in [0.717, 1.165) is 12.2 Å². The molecule has 15 heavy (non-hydrogen) atoms. The van der Waals surface area contributed by atoms with E-state index in [0.29, 0.717) is 0 Å².